The molecule has 0 bridgehead atoms. The highest BCUT2D eigenvalue weighted by Crippen LogP contribution is 2.36. The van der Waals surface area contributed by atoms with Gasteiger partial charge in [0.05, 0.1) is 23.4 Å². The van der Waals surface area contributed by atoms with Crippen LogP contribution >= 0.6 is 11.3 Å². The molecule has 0 spiro atoms. The number of sulfonamides is 1. The molecular weight excluding hydrogens is 541 g/mol. The van der Waals surface area contributed by atoms with E-state index in [2.05, 4.69) is 10.6 Å². The summed E-state index contributed by atoms with van der Waals surface area (Å²) in [5.41, 5.74) is 2.75. The minimum atomic E-state index is -3.87. The number of nitrogens with one attached hydrogen (secondary N) is 2. The zero-order valence-electron chi connectivity index (χ0n) is 20.8. The quantitative estimate of drug-likeness (QED) is 0.274. The van der Waals surface area contributed by atoms with Crippen molar-refractivity contribution >= 4 is 50.4 Å². The number of hydrogen-bond acceptors (Lipinski definition) is 6. The Morgan fingerprint density at radius 3 is 2.51 bits per heavy atom. The van der Waals surface area contributed by atoms with Gasteiger partial charge in [-0.15, -0.1) is 11.3 Å². The average Bonchev–Trinajstić information content (AvgIpc) is 3.36. The number of nitrogens with zero attached hydrogens (tertiary/aromatic N) is 1. The number of carbonyl (C=O) groups excluding carboxylic acids is 2. The van der Waals surface area contributed by atoms with E-state index in [1.54, 1.807) is 36.4 Å². The molecular formula is C28H24FN3O5S2. The van der Waals surface area contributed by atoms with Crippen LogP contribution in [-0.2, 0) is 21.2 Å². The number of anilines is 3. The molecule has 0 unspecified atom stereocenters. The fourth-order valence-electron chi connectivity index (χ4n) is 4.38. The Labute approximate surface area is 229 Å². The molecule has 1 aromatic heterocycles. The summed E-state index contributed by atoms with van der Waals surface area (Å²) in [4.78, 5) is 26.1. The van der Waals surface area contributed by atoms with Crippen molar-refractivity contribution in [3.8, 4) is 10.4 Å². The number of aryl methyl sites for hydroxylation is 1. The first-order chi connectivity index (χ1) is 18.8. The number of halogens is 1. The standard InChI is InChI=1S/C28H24FN3O5S2/c1-37-27(33)26-23(17-25(38-26)19-11-13-20(29)14-12-19)31-28(34)30-21-8-4-9-22(16-21)39(35,36)32-15-5-7-18-6-2-3-10-24(18)32/h2-4,6,8-14,16-17H,5,7,15H2,1H3,(H2,30,31,34). The zero-order valence-corrected chi connectivity index (χ0v) is 22.4. The maximum absolute atomic E-state index is 13.5. The number of amides is 2. The van der Waals surface area contributed by atoms with Gasteiger partial charge in [-0.2, -0.15) is 0 Å². The Bertz CT molecular complexity index is 1650. The topological polar surface area (TPSA) is 105 Å². The van der Waals surface area contributed by atoms with Crippen molar-refractivity contribution in [2.75, 3.05) is 28.6 Å². The van der Waals surface area contributed by atoms with Gasteiger partial charge in [0, 0.05) is 17.1 Å². The molecule has 8 nitrogen and oxygen atoms in total. The van der Waals surface area contributed by atoms with E-state index in [1.165, 1.54) is 35.7 Å². The predicted molar refractivity (Wildman–Crippen MR) is 149 cm³/mol. The SMILES string of the molecule is COC(=O)c1sc(-c2ccc(F)cc2)cc1NC(=O)Nc1cccc(S(=O)(=O)N2CCCc3ccccc32)c1. The highest BCUT2D eigenvalue weighted by Gasteiger charge is 2.29. The second-order valence-corrected chi connectivity index (χ2v) is 11.7. The third-order valence-electron chi connectivity index (χ3n) is 6.23. The van der Waals surface area contributed by atoms with Crippen molar-refractivity contribution in [1.82, 2.24) is 0 Å². The van der Waals surface area contributed by atoms with Crippen LogP contribution in [0.25, 0.3) is 10.4 Å². The van der Waals surface area contributed by atoms with Gasteiger partial charge in [-0.3, -0.25) is 4.31 Å². The van der Waals surface area contributed by atoms with Crippen LogP contribution in [0.4, 0.5) is 26.2 Å². The lowest BCUT2D eigenvalue weighted by Crippen LogP contribution is -2.35. The lowest BCUT2D eigenvalue weighted by molar-refractivity contribution is 0.0607. The van der Waals surface area contributed by atoms with Crippen LogP contribution in [0.3, 0.4) is 0 Å². The molecule has 3 aromatic carbocycles. The number of para-hydroxylation sites is 1. The van der Waals surface area contributed by atoms with Crippen LogP contribution in [0.5, 0.6) is 0 Å². The van der Waals surface area contributed by atoms with Gasteiger partial charge >= 0.3 is 12.0 Å². The van der Waals surface area contributed by atoms with Gasteiger partial charge in [0.15, 0.2) is 0 Å². The van der Waals surface area contributed by atoms with E-state index in [0.29, 0.717) is 29.1 Å². The minimum Gasteiger partial charge on any atom is -0.465 e. The number of thiophene rings is 1. The van der Waals surface area contributed by atoms with Crippen molar-refractivity contribution < 1.29 is 27.1 Å². The number of methoxy groups -OCH3 is 1. The molecule has 2 amide bonds. The number of benzene rings is 3. The van der Waals surface area contributed by atoms with Gasteiger partial charge in [0.2, 0.25) is 0 Å². The third-order valence-corrected chi connectivity index (χ3v) is 9.20. The predicted octanol–water partition coefficient (Wildman–Crippen LogP) is 6.13. The molecule has 0 radical (unpaired) electrons. The first-order valence-electron chi connectivity index (χ1n) is 12.0. The minimum absolute atomic E-state index is 0.0429. The summed E-state index contributed by atoms with van der Waals surface area (Å²) in [7, 11) is -2.64. The van der Waals surface area contributed by atoms with E-state index in [1.807, 2.05) is 18.2 Å². The molecule has 0 saturated heterocycles. The Morgan fingerprint density at radius 2 is 1.74 bits per heavy atom. The molecule has 0 saturated carbocycles. The van der Waals surface area contributed by atoms with Crippen molar-refractivity contribution in [2.24, 2.45) is 0 Å². The Morgan fingerprint density at radius 1 is 0.974 bits per heavy atom. The van der Waals surface area contributed by atoms with E-state index in [-0.39, 0.29) is 21.1 Å². The fourth-order valence-corrected chi connectivity index (χ4v) is 7.00. The van der Waals surface area contributed by atoms with Crippen molar-refractivity contribution in [3.63, 3.8) is 0 Å². The van der Waals surface area contributed by atoms with Crippen LogP contribution in [-0.4, -0.2) is 34.1 Å². The molecule has 2 N–H and O–H groups in total. The first kappa shape index (κ1) is 26.4. The Hall–Kier alpha value is -4.22. The highest BCUT2D eigenvalue weighted by molar-refractivity contribution is 7.92. The first-order valence-corrected chi connectivity index (χ1v) is 14.3. The van der Waals surface area contributed by atoms with Crippen molar-refractivity contribution in [2.45, 2.75) is 17.7 Å². The summed E-state index contributed by atoms with van der Waals surface area (Å²) >= 11 is 1.09. The molecule has 0 fully saturated rings. The molecule has 0 atom stereocenters. The van der Waals surface area contributed by atoms with Crippen LogP contribution in [0.2, 0.25) is 0 Å². The lowest BCUT2D eigenvalue weighted by atomic mass is 10.0. The maximum atomic E-state index is 13.5. The zero-order chi connectivity index (χ0) is 27.6. The number of carbonyl (C=O) groups is 2. The Balaban J connectivity index is 1.37. The summed E-state index contributed by atoms with van der Waals surface area (Å²) in [5, 5.41) is 5.27. The summed E-state index contributed by atoms with van der Waals surface area (Å²) in [5.74, 6) is -1.03. The van der Waals surface area contributed by atoms with Crippen LogP contribution in [0.1, 0.15) is 21.7 Å². The largest absolute Gasteiger partial charge is 0.465 e. The van der Waals surface area contributed by atoms with Crippen LogP contribution in [0.15, 0.2) is 83.8 Å². The molecule has 4 aromatic rings. The molecule has 39 heavy (non-hydrogen) atoms. The van der Waals surface area contributed by atoms with Gasteiger partial charge < -0.3 is 15.4 Å². The van der Waals surface area contributed by atoms with Crippen LogP contribution < -0.4 is 14.9 Å². The number of fused-ring (bicyclic) bond motifs is 1. The monoisotopic (exact) mass is 565 g/mol. The van der Waals surface area contributed by atoms with E-state index in [0.717, 1.165) is 23.3 Å². The number of rotatable bonds is 6. The molecule has 200 valence electrons. The third kappa shape index (κ3) is 5.50. The summed E-state index contributed by atoms with van der Waals surface area (Å²) < 4.78 is 46.6. The van der Waals surface area contributed by atoms with Gasteiger partial charge in [-0.1, -0.05) is 36.4 Å². The second-order valence-electron chi connectivity index (χ2n) is 8.77. The highest BCUT2D eigenvalue weighted by atomic mass is 32.2. The fraction of sp³-hybridized carbons (Fsp3) is 0.143. The van der Waals surface area contributed by atoms with Crippen molar-refractivity contribution in [1.29, 1.82) is 0 Å². The normalized spacial score (nSPS) is 12.9. The summed E-state index contributed by atoms with van der Waals surface area (Å²) in [6.07, 6.45) is 1.52. The molecule has 1 aliphatic heterocycles. The number of ether oxygens (including phenoxy) is 1. The van der Waals surface area contributed by atoms with E-state index in [9.17, 15) is 22.4 Å². The molecule has 11 heteroatoms. The molecule has 5 rings (SSSR count). The smallest absolute Gasteiger partial charge is 0.350 e. The molecule has 1 aliphatic rings. The second kappa shape index (κ2) is 10.9. The van der Waals surface area contributed by atoms with Crippen LogP contribution in [0, 0.1) is 5.82 Å². The van der Waals surface area contributed by atoms with E-state index >= 15 is 0 Å². The lowest BCUT2D eigenvalue weighted by Gasteiger charge is -2.30. The van der Waals surface area contributed by atoms with Gasteiger partial charge in [-0.25, -0.2) is 22.4 Å². The Kier molecular flexibility index (Phi) is 7.36. The number of hydrogen-bond donors (Lipinski definition) is 2. The number of esters is 1. The van der Waals surface area contributed by atoms with E-state index in [4.69, 9.17) is 4.74 Å². The van der Waals surface area contributed by atoms with Gasteiger partial charge in [-0.05, 0) is 66.4 Å². The van der Waals surface area contributed by atoms with Crippen molar-refractivity contribution in [3.05, 3.63) is 95.1 Å². The van der Waals surface area contributed by atoms with E-state index < -0.39 is 27.8 Å². The molecule has 0 aliphatic carbocycles. The maximum Gasteiger partial charge on any atom is 0.350 e. The molecule has 2 heterocycles. The summed E-state index contributed by atoms with van der Waals surface area (Å²) in [6.45, 7) is 0.363. The van der Waals surface area contributed by atoms with Gasteiger partial charge in [0.25, 0.3) is 10.0 Å². The number of urea groups is 1. The summed E-state index contributed by atoms with van der Waals surface area (Å²) in [6, 6.07) is 20.1. The average molecular weight is 566 g/mol. The van der Waals surface area contributed by atoms with Gasteiger partial charge in [0.1, 0.15) is 10.7 Å².